The molecule has 0 aromatic carbocycles. The molecule has 5 nitrogen and oxygen atoms in total. The summed E-state index contributed by atoms with van der Waals surface area (Å²) in [4.78, 5) is 11.0. The van der Waals surface area contributed by atoms with Gasteiger partial charge < -0.3 is 10.1 Å². The Morgan fingerprint density at radius 2 is 2.27 bits per heavy atom. The minimum Gasteiger partial charge on any atom is -0.468 e. The number of nitrogens with one attached hydrogen (secondary N) is 1. The Kier molecular flexibility index (Phi) is 4.10. The largest absolute Gasteiger partial charge is 0.468 e. The van der Waals surface area contributed by atoms with E-state index in [-0.39, 0.29) is 17.0 Å². The van der Waals surface area contributed by atoms with Crippen molar-refractivity contribution in [3.63, 3.8) is 0 Å². The maximum Gasteiger partial charge on any atom is 0.322 e. The van der Waals surface area contributed by atoms with Gasteiger partial charge in [0.1, 0.15) is 6.04 Å². The van der Waals surface area contributed by atoms with Crippen molar-refractivity contribution in [3.05, 3.63) is 0 Å². The van der Waals surface area contributed by atoms with Crippen LogP contribution in [-0.4, -0.2) is 45.1 Å². The Labute approximate surface area is 90.1 Å². The van der Waals surface area contributed by atoms with Crippen LogP contribution in [0.2, 0.25) is 0 Å². The van der Waals surface area contributed by atoms with E-state index in [1.807, 2.05) is 0 Å². The summed E-state index contributed by atoms with van der Waals surface area (Å²) in [6.45, 7) is 1.99. The SMILES string of the molecule is COC(=O)C(C)NCC1CCCS1(=O)=O. The van der Waals surface area contributed by atoms with Gasteiger partial charge in [-0.05, 0) is 19.8 Å². The highest BCUT2D eigenvalue weighted by atomic mass is 32.2. The summed E-state index contributed by atoms with van der Waals surface area (Å²) in [6, 6.07) is -0.453. The molecule has 0 spiro atoms. The fourth-order valence-electron chi connectivity index (χ4n) is 1.66. The van der Waals surface area contributed by atoms with Crippen LogP contribution in [0.15, 0.2) is 0 Å². The number of carbonyl (C=O) groups is 1. The van der Waals surface area contributed by atoms with Crippen LogP contribution < -0.4 is 5.32 Å². The molecule has 1 fully saturated rings. The van der Waals surface area contributed by atoms with Crippen LogP contribution in [0.1, 0.15) is 19.8 Å². The summed E-state index contributed by atoms with van der Waals surface area (Å²) in [7, 11) is -1.62. The van der Waals surface area contributed by atoms with Gasteiger partial charge in [0.25, 0.3) is 0 Å². The molecule has 1 aliphatic heterocycles. The summed E-state index contributed by atoms with van der Waals surface area (Å²) in [6.07, 6.45) is 1.41. The zero-order valence-electron chi connectivity index (χ0n) is 9.02. The second kappa shape index (κ2) is 4.94. The number of sulfone groups is 1. The summed E-state index contributed by atoms with van der Waals surface area (Å²) in [5.74, 6) is -0.100. The van der Waals surface area contributed by atoms with E-state index in [0.717, 1.165) is 6.42 Å². The van der Waals surface area contributed by atoms with Crippen molar-refractivity contribution in [2.75, 3.05) is 19.4 Å². The van der Waals surface area contributed by atoms with Gasteiger partial charge in [0, 0.05) is 6.54 Å². The Bertz CT molecular complexity index is 325. The van der Waals surface area contributed by atoms with Gasteiger partial charge in [0.15, 0.2) is 9.84 Å². The Morgan fingerprint density at radius 1 is 1.60 bits per heavy atom. The monoisotopic (exact) mass is 235 g/mol. The molecular weight excluding hydrogens is 218 g/mol. The lowest BCUT2D eigenvalue weighted by Gasteiger charge is -2.14. The molecule has 0 bridgehead atoms. The Balaban J connectivity index is 2.41. The van der Waals surface area contributed by atoms with E-state index in [9.17, 15) is 13.2 Å². The lowest BCUT2D eigenvalue weighted by molar-refractivity contribution is -0.142. The fourth-order valence-corrected chi connectivity index (χ4v) is 3.43. The zero-order chi connectivity index (χ0) is 11.5. The van der Waals surface area contributed by atoms with Crippen molar-refractivity contribution in [1.29, 1.82) is 0 Å². The first-order valence-corrected chi connectivity index (χ1v) is 6.71. The molecule has 88 valence electrons. The van der Waals surface area contributed by atoms with Gasteiger partial charge in [0.05, 0.1) is 18.1 Å². The third-order valence-electron chi connectivity index (χ3n) is 2.67. The molecule has 0 radical (unpaired) electrons. The smallest absolute Gasteiger partial charge is 0.322 e. The maximum atomic E-state index is 11.5. The van der Waals surface area contributed by atoms with Gasteiger partial charge in [-0.2, -0.15) is 0 Å². The molecule has 0 aromatic rings. The molecule has 1 N–H and O–H groups in total. The molecule has 0 saturated carbocycles. The topological polar surface area (TPSA) is 72.5 Å². The van der Waals surface area contributed by atoms with E-state index in [1.165, 1.54) is 7.11 Å². The predicted octanol–water partition coefficient (Wildman–Crippen LogP) is -0.285. The number of rotatable bonds is 4. The van der Waals surface area contributed by atoms with E-state index in [0.29, 0.717) is 13.0 Å². The molecule has 15 heavy (non-hydrogen) atoms. The van der Waals surface area contributed by atoms with Gasteiger partial charge in [-0.25, -0.2) is 8.42 Å². The lowest BCUT2D eigenvalue weighted by Crippen LogP contribution is -2.40. The number of hydrogen-bond acceptors (Lipinski definition) is 5. The third-order valence-corrected chi connectivity index (χ3v) is 4.95. The first-order valence-electron chi connectivity index (χ1n) is 5.00. The van der Waals surface area contributed by atoms with Crippen LogP contribution in [0.25, 0.3) is 0 Å². The van der Waals surface area contributed by atoms with Crippen molar-refractivity contribution in [2.24, 2.45) is 0 Å². The molecule has 0 aliphatic carbocycles. The minimum atomic E-state index is -2.93. The molecule has 1 saturated heterocycles. The van der Waals surface area contributed by atoms with Crippen molar-refractivity contribution < 1.29 is 17.9 Å². The van der Waals surface area contributed by atoms with E-state index in [2.05, 4.69) is 10.1 Å². The quantitative estimate of drug-likeness (QED) is 0.678. The number of esters is 1. The molecule has 1 rings (SSSR count). The highest BCUT2D eigenvalue weighted by Crippen LogP contribution is 2.19. The maximum absolute atomic E-state index is 11.5. The first kappa shape index (κ1) is 12.4. The third kappa shape index (κ3) is 3.17. The zero-order valence-corrected chi connectivity index (χ0v) is 9.84. The van der Waals surface area contributed by atoms with Crippen LogP contribution in [0, 0.1) is 0 Å². The second-order valence-corrected chi connectivity index (χ2v) is 6.18. The normalized spacial score (nSPS) is 26.1. The molecular formula is C9H17NO4S. The highest BCUT2D eigenvalue weighted by Gasteiger charge is 2.31. The number of ether oxygens (including phenoxy) is 1. The molecule has 1 heterocycles. The summed E-state index contributed by atoms with van der Waals surface area (Å²) < 4.78 is 27.4. The first-order chi connectivity index (χ1) is 6.97. The summed E-state index contributed by atoms with van der Waals surface area (Å²) in [5.41, 5.74) is 0. The van der Waals surface area contributed by atoms with Gasteiger partial charge in [-0.3, -0.25) is 4.79 Å². The average Bonchev–Trinajstić information content (AvgIpc) is 2.53. The van der Waals surface area contributed by atoms with E-state index < -0.39 is 15.9 Å². The van der Waals surface area contributed by atoms with Crippen molar-refractivity contribution >= 4 is 15.8 Å². The lowest BCUT2D eigenvalue weighted by atomic mass is 10.2. The van der Waals surface area contributed by atoms with Crippen molar-refractivity contribution in [3.8, 4) is 0 Å². The Hall–Kier alpha value is -0.620. The number of hydrogen-bond donors (Lipinski definition) is 1. The minimum absolute atomic E-state index is 0.270. The van der Waals surface area contributed by atoms with Gasteiger partial charge >= 0.3 is 5.97 Å². The van der Waals surface area contributed by atoms with Gasteiger partial charge in [0.2, 0.25) is 0 Å². The molecule has 6 heteroatoms. The predicted molar refractivity (Wildman–Crippen MR) is 56.3 cm³/mol. The number of methoxy groups -OCH3 is 1. The van der Waals surface area contributed by atoms with Crippen molar-refractivity contribution in [1.82, 2.24) is 5.32 Å². The van der Waals surface area contributed by atoms with Crippen LogP contribution >= 0.6 is 0 Å². The van der Waals surface area contributed by atoms with Crippen LogP contribution in [0.5, 0.6) is 0 Å². The summed E-state index contributed by atoms with van der Waals surface area (Å²) >= 11 is 0. The molecule has 2 unspecified atom stereocenters. The van der Waals surface area contributed by atoms with E-state index in [4.69, 9.17) is 0 Å². The standard InChI is InChI=1S/C9H17NO4S/c1-7(9(11)14-2)10-6-8-4-3-5-15(8,12)13/h7-8,10H,3-6H2,1-2H3. The van der Waals surface area contributed by atoms with Gasteiger partial charge in [-0.15, -0.1) is 0 Å². The van der Waals surface area contributed by atoms with Crippen molar-refractivity contribution in [2.45, 2.75) is 31.1 Å². The van der Waals surface area contributed by atoms with Crippen LogP contribution in [-0.2, 0) is 19.4 Å². The molecule has 0 amide bonds. The number of carbonyl (C=O) groups excluding carboxylic acids is 1. The van der Waals surface area contributed by atoms with Gasteiger partial charge in [-0.1, -0.05) is 0 Å². The highest BCUT2D eigenvalue weighted by molar-refractivity contribution is 7.92. The van der Waals surface area contributed by atoms with E-state index >= 15 is 0 Å². The average molecular weight is 235 g/mol. The summed E-state index contributed by atoms with van der Waals surface area (Å²) in [5, 5.41) is 2.53. The molecule has 2 atom stereocenters. The fraction of sp³-hybridized carbons (Fsp3) is 0.889. The van der Waals surface area contributed by atoms with Crippen LogP contribution in [0.4, 0.5) is 0 Å². The van der Waals surface area contributed by atoms with E-state index in [1.54, 1.807) is 6.92 Å². The second-order valence-electron chi connectivity index (χ2n) is 3.78. The molecule has 0 aromatic heterocycles. The Morgan fingerprint density at radius 3 is 2.73 bits per heavy atom. The molecule has 1 aliphatic rings. The van der Waals surface area contributed by atoms with Crippen LogP contribution in [0.3, 0.4) is 0 Å².